The number of carboxylic acids is 1. The number of hydrogen-bond donors (Lipinski definition) is 2. The van der Waals surface area contributed by atoms with Gasteiger partial charge in [-0.2, -0.15) is 5.26 Å². The summed E-state index contributed by atoms with van der Waals surface area (Å²) in [5, 5.41) is 20.3. The fourth-order valence-electron chi connectivity index (χ4n) is 1.89. The molecule has 1 aromatic carbocycles. The van der Waals surface area contributed by atoms with Gasteiger partial charge in [0.2, 0.25) is 0 Å². The average molecular weight is 289 g/mol. The topological polar surface area (TPSA) is 93.4 Å². The van der Waals surface area contributed by atoms with E-state index in [1.807, 2.05) is 19.1 Å². The molecule has 0 radical (unpaired) electrons. The highest BCUT2D eigenvalue weighted by atomic mass is 16.4. The van der Waals surface area contributed by atoms with Crippen LogP contribution in [-0.2, 0) is 4.79 Å². The summed E-state index contributed by atoms with van der Waals surface area (Å²) in [6, 6.07) is 9.43. The van der Waals surface area contributed by atoms with Crippen LogP contribution in [0.15, 0.2) is 30.3 Å². The Morgan fingerprint density at radius 1 is 1.38 bits per heavy atom. The van der Waals surface area contributed by atoms with Gasteiger partial charge in [0.15, 0.2) is 0 Å². The van der Waals surface area contributed by atoms with Gasteiger partial charge < -0.3 is 10.4 Å². The Balaban J connectivity index is 2.85. The lowest BCUT2D eigenvalue weighted by molar-refractivity contribution is -0.139. The fourth-order valence-corrected chi connectivity index (χ4v) is 1.89. The second kappa shape index (κ2) is 8.59. The Labute approximate surface area is 124 Å². The number of carbonyl (C=O) groups excluding carboxylic acids is 1. The van der Waals surface area contributed by atoms with Crippen LogP contribution in [-0.4, -0.2) is 29.7 Å². The number of benzene rings is 1. The Bertz CT molecular complexity index is 511. The molecule has 6 heteroatoms. The summed E-state index contributed by atoms with van der Waals surface area (Å²) in [6.45, 7) is 2.07. The highest BCUT2D eigenvalue weighted by molar-refractivity contribution is 5.94. The van der Waals surface area contributed by atoms with Gasteiger partial charge in [-0.25, -0.2) is 9.59 Å². The second-order valence-corrected chi connectivity index (χ2v) is 4.52. The minimum Gasteiger partial charge on any atom is -0.480 e. The summed E-state index contributed by atoms with van der Waals surface area (Å²) in [4.78, 5) is 24.8. The first-order valence-corrected chi connectivity index (χ1v) is 6.83. The number of rotatable bonds is 7. The Morgan fingerprint density at radius 3 is 2.57 bits per heavy atom. The third-order valence-corrected chi connectivity index (χ3v) is 2.93. The van der Waals surface area contributed by atoms with Crippen molar-refractivity contribution in [2.75, 3.05) is 11.4 Å². The van der Waals surface area contributed by atoms with Crippen LogP contribution in [0.2, 0.25) is 0 Å². The second-order valence-electron chi connectivity index (χ2n) is 4.52. The van der Waals surface area contributed by atoms with E-state index in [1.165, 1.54) is 4.90 Å². The van der Waals surface area contributed by atoms with Crippen LogP contribution in [0.25, 0.3) is 0 Å². The Kier molecular flexibility index (Phi) is 6.75. The molecule has 2 N–H and O–H groups in total. The molecule has 0 heterocycles. The molecular formula is C15H19N3O3. The van der Waals surface area contributed by atoms with E-state index in [1.54, 1.807) is 24.3 Å². The van der Waals surface area contributed by atoms with Crippen LogP contribution in [0.3, 0.4) is 0 Å². The molecule has 0 aliphatic heterocycles. The number of aliphatic carboxylic acids is 1. The number of amides is 2. The third-order valence-electron chi connectivity index (χ3n) is 2.93. The van der Waals surface area contributed by atoms with Crippen LogP contribution in [0.4, 0.5) is 10.5 Å². The molecule has 21 heavy (non-hydrogen) atoms. The highest BCUT2D eigenvalue weighted by Gasteiger charge is 2.23. The molecule has 0 aliphatic rings. The fraction of sp³-hybridized carbons (Fsp3) is 0.400. The number of carbonyl (C=O) groups is 2. The zero-order valence-electron chi connectivity index (χ0n) is 12.0. The number of carboxylic acid groups (broad SMARTS) is 1. The lowest BCUT2D eigenvalue weighted by Crippen LogP contribution is -2.48. The first-order valence-electron chi connectivity index (χ1n) is 6.83. The van der Waals surface area contributed by atoms with Gasteiger partial charge in [0.05, 0.1) is 12.5 Å². The van der Waals surface area contributed by atoms with E-state index in [9.17, 15) is 9.59 Å². The number of para-hydroxylation sites is 1. The molecule has 6 nitrogen and oxygen atoms in total. The van der Waals surface area contributed by atoms with E-state index in [2.05, 4.69) is 5.32 Å². The molecule has 2 amide bonds. The van der Waals surface area contributed by atoms with Crippen molar-refractivity contribution >= 4 is 17.7 Å². The molecule has 112 valence electrons. The van der Waals surface area contributed by atoms with E-state index in [0.717, 1.165) is 0 Å². The van der Waals surface area contributed by atoms with Crippen LogP contribution in [0, 0.1) is 11.3 Å². The van der Waals surface area contributed by atoms with Gasteiger partial charge >= 0.3 is 12.0 Å². The minimum atomic E-state index is -1.06. The zero-order valence-corrected chi connectivity index (χ0v) is 12.0. The van der Waals surface area contributed by atoms with Crippen molar-refractivity contribution in [3.63, 3.8) is 0 Å². The third kappa shape index (κ3) is 5.15. The molecule has 0 aliphatic carbocycles. The van der Waals surface area contributed by atoms with Crippen molar-refractivity contribution in [2.45, 2.75) is 32.2 Å². The molecule has 0 bridgehead atoms. The molecule has 1 rings (SSSR count). The predicted octanol–water partition coefficient (Wildman–Crippen LogP) is 2.37. The SMILES string of the molecule is CCC[C@H](NC(=O)N(CCC#N)c1ccccc1)C(=O)O. The first kappa shape index (κ1) is 16.5. The van der Waals surface area contributed by atoms with E-state index in [4.69, 9.17) is 10.4 Å². The summed E-state index contributed by atoms with van der Waals surface area (Å²) in [7, 11) is 0. The summed E-state index contributed by atoms with van der Waals surface area (Å²) in [5.74, 6) is -1.06. The predicted molar refractivity (Wildman–Crippen MR) is 78.9 cm³/mol. The maximum Gasteiger partial charge on any atom is 0.326 e. The van der Waals surface area contributed by atoms with Gasteiger partial charge in [0, 0.05) is 12.2 Å². The van der Waals surface area contributed by atoms with Gasteiger partial charge in [-0.05, 0) is 18.6 Å². The largest absolute Gasteiger partial charge is 0.480 e. The number of anilines is 1. The molecule has 0 saturated heterocycles. The molecule has 1 atom stereocenters. The Morgan fingerprint density at radius 2 is 2.05 bits per heavy atom. The number of nitriles is 1. The first-order chi connectivity index (χ1) is 10.1. The minimum absolute atomic E-state index is 0.174. The Hall–Kier alpha value is -2.55. The average Bonchev–Trinajstić information content (AvgIpc) is 2.48. The maximum atomic E-state index is 12.3. The summed E-state index contributed by atoms with van der Waals surface area (Å²) >= 11 is 0. The molecular weight excluding hydrogens is 270 g/mol. The quantitative estimate of drug-likeness (QED) is 0.805. The van der Waals surface area contributed by atoms with Crippen molar-refractivity contribution in [1.29, 1.82) is 5.26 Å². The van der Waals surface area contributed by atoms with Crippen molar-refractivity contribution in [3.05, 3.63) is 30.3 Å². The number of urea groups is 1. The van der Waals surface area contributed by atoms with Crippen LogP contribution in [0.5, 0.6) is 0 Å². The van der Waals surface area contributed by atoms with Crippen molar-refractivity contribution in [3.8, 4) is 6.07 Å². The normalized spacial score (nSPS) is 11.2. The van der Waals surface area contributed by atoms with Gasteiger partial charge in [0.1, 0.15) is 6.04 Å². The monoisotopic (exact) mass is 289 g/mol. The molecule has 0 fully saturated rings. The van der Waals surface area contributed by atoms with Gasteiger partial charge in [-0.3, -0.25) is 4.90 Å². The van der Waals surface area contributed by atoms with E-state index < -0.39 is 18.0 Å². The smallest absolute Gasteiger partial charge is 0.326 e. The van der Waals surface area contributed by atoms with Crippen molar-refractivity contribution in [2.24, 2.45) is 0 Å². The van der Waals surface area contributed by atoms with Gasteiger partial charge in [0.25, 0.3) is 0 Å². The molecule has 0 aromatic heterocycles. The van der Waals surface area contributed by atoms with Crippen molar-refractivity contribution < 1.29 is 14.7 Å². The highest BCUT2D eigenvalue weighted by Crippen LogP contribution is 2.14. The van der Waals surface area contributed by atoms with E-state index >= 15 is 0 Å². The van der Waals surface area contributed by atoms with Gasteiger partial charge in [-0.1, -0.05) is 31.5 Å². The number of nitrogens with one attached hydrogen (secondary N) is 1. The zero-order chi connectivity index (χ0) is 15.7. The summed E-state index contributed by atoms with van der Waals surface area (Å²) < 4.78 is 0. The molecule has 0 spiro atoms. The van der Waals surface area contributed by atoms with E-state index in [-0.39, 0.29) is 13.0 Å². The van der Waals surface area contributed by atoms with Crippen LogP contribution in [0.1, 0.15) is 26.2 Å². The van der Waals surface area contributed by atoms with Crippen LogP contribution >= 0.6 is 0 Å². The van der Waals surface area contributed by atoms with Crippen LogP contribution < -0.4 is 10.2 Å². The van der Waals surface area contributed by atoms with E-state index in [0.29, 0.717) is 18.5 Å². The molecule has 0 unspecified atom stereocenters. The number of hydrogen-bond acceptors (Lipinski definition) is 3. The standard InChI is InChI=1S/C15H19N3O3/c1-2-7-13(14(19)20)17-15(21)18(11-6-10-16)12-8-4-3-5-9-12/h3-5,8-9,13H,2,6-7,11H2,1H3,(H,17,21)(H,19,20)/t13-/m0/s1. The summed E-state index contributed by atoms with van der Waals surface area (Å²) in [5.41, 5.74) is 0.630. The lowest BCUT2D eigenvalue weighted by atomic mass is 10.2. The molecule has 1 aromatic rings. The lowest BCUT2D eigenvalue weighted by Gasteiger charge is -2.24. The maximum absolute atomic E-state index is 12.3. The number of nitrogens with zero attached hydrogens (tertiary/aromatic N) is 2. The summed E-state index contributed by atoms with van der Waals surface area (Å²) in [6.07, 6.45) is 1.19. The molecule has 0 saturated carbocycles. The van der Waals surface area contributed by atoms with Gasteiger partial charge in [-0.15, -0.1) is 0 Å². The van der Waals surface area contributed by atoms with Crippen molar-refractivity contribution in [1.82, 2.24) is 5.32 Å².